The van der Waals surface area contributed by atoms with Crippen molar-refractivity contribution in [3.8, 4) is 0 Å². The average molecular weight is 339 g/mol. The number of ether oxygens (including phenoxy) is 1. The summed E-state index contributed by atoms with van der Waals surface area (Å²) in [4.78, 5) is 15.6. The standard InChI is InChI=1S/C18H17N3O4/c22-18(23)14-2-1-3-15-17(14)20-16(25-15)5-4-12-6-9-19-21(12)13-7-10-24-11-8-13/h1-6,9,13H,7-8,10-11H2,(H,22,23)/b5-4+. The van der Waals surface area contributed by atoms with Crippen molar-refractivity contribution in [2.45, 2.75) is 18.9 Å². The number of rotatable bonds is 4. The number of carbonyl (C=O) groups is 1. The molecule has 4 rings (SSSR count). The number of benzene rings is 1. The molecule has 1 aliphatic heterocycles. The van der Waals surface area contributed by atoms with Crippen LogP contribution in [-0.2, 0) is 4.74 Å². The van der Waals surface area contributed by atoms with Gasteiger partial charge in [-0.1, -0.05) is 6.07 Å². The third-order valence-electron chi connectivity index (χ3n) is 4.30. The van der Waals surface area contributed by atoms with Crippen molar-refractivity contribution in [2.24, 2.45) is 0 Å². The van der Waals surface area contributed by atoms with Crippen molar-refractivity contribution in [3.05, 3.63) is 47.6 Å². The lowest BCUT2D eigenvalue weighted by molar-refractivity contribution is 0.0660. The van der Waals surface area contributed by atoms with Crippen LogP contribution in [0.3, 0.4) is 0 Å². The Balaban J connectivity index is 1.62. The summed E-state index contributed by atoms with van der Waals surface area (Å²) in [6.45, 7) is 1.49. The zero-order valence-electron chi connectivity index (χ0n) is 13.5. The van der Waals surface area contributed by atoms with E-state index in [4.69, 9.17) is 9.15 Å². The zero-order chi connectivity index (χ0) is 17.2. The van der Waals surface area contributed by atoms with Gasteiger partial charge in [-0.15, -0.1) is 0 Å². The normalized spacial score (nSPS) is 16.0. The molecule has 1 N–H and O–H groups in total. The smallest absolute Gasteiger partial charge is 0.338 e. The van der Waals surface area contributed by atoms with Gasteiger partial charge >= 0.3 is 5.97 Å². The Hall–Kier alpha value is -2.93. The molecule has 128 valence electrons. The Bertz CT molecular complexity index is 935. The fourth-order valence-corrected chi connectivity index (χ4v) is 3.06. The summed E-state index contributed by atoms with van der Waals surface area (Å²) >= 11 is 0. The molecule has 1 aliphatic rings. The second kappa shape index (κ2) is 6.52. The van der Waals surface area contributed by atoms with Crippen LogP contribution in [0.15, 0.2) is 34.9 Å². The van der Waals surface area contributed by atoms with Crippen LogP contribution in [0.2, 0.25) is 0 Å². The number of para-hydroxylation sites is 1. The van der Waals surface area contributed by atoms with E-state index in [-0.39, 0.29) is 5.56 Å². The third kappa shape index (κ3) is 3.06. The first-order chi connectivity index (χ1) is 12.2. The number of hydrogen-bond donors (Lipinski definition) is 1. The molecule has 1 fully saturated rings. The van der Waals surface area contributed by atoms with E-state index in [0.717, 1.165) is 31.7 Å². The lowest BCUT2D eigenvalue weighted by atomic mass is 10.1. The number of hydrogen-bond acceptors (Lipinski definition) is 5. The van der Waals surface area contributed by atoms with Gasteiger partial charge in [0.2, 0.25) is 5.89 Å². The molecule has 1 saturated heterocycles. The monoisotopic (exact) mass is 339 g/mol. The summed E-state index contributed by atoms with van der Waals surface area (Å²) < 4.78 is 13.0. The van der Waals surface area contributed by atoms with Gasteiger partial charge in [0.15, 0.2) is 5.58 Å². The van der Waals surface area contributed by atoms with Gasteiger partial charge in [-0.05, 0) is 37.1 Å². The lowest BCUT2D eigenvalue weighted by Crippen LogP contribution is -2.21. The van der Waals surface area contributed by atoms with Gasteiger partial charge in [0, 0.05) is 25.5 Å². The highest BCUT2D eigenvalue weighted by molar-refractivity contribution is 6.00. The van der Waals surface area contributed by atoms with Crippen LogP contribution in [0.4, 0.5) is 0 Å². The first-order valence-electron chi connectivity index (χ1n) is 8.14. The Morgan fingerprint density at radius 2 is 2.08 bits per heavy atom. The molecule has 3 aromatic rings. The van der Waals surface area contributed by atoms with Gasteiger partial charge in [-0.3, -0.25) is 4.68 Å². The Kier molecular flexibility index (Phi) is 4.07. The predicted molar refractivity (Wildman–Crippen MR) is 91.2 cm³/mol. The Morgan fingerprint density at radius 3 is 2.88 bits per heavy atom. The lowest BCUT2D eigenvalue weighted by Gasteiger charge is -2.23. The molecular formula is C18H17N3O4. The van der Waals surface area contributed by atoms with Crippen LogP contribution in [0.25, 0.3) is 23.3 Å². The van der Waals surface area contributed by atoms with E-state index in [9.17, 15) is 9.90 Å². The topological polar surface area (TPSA) is 90.4 Å². The van der Waals surface area contributed by atoms with Gasteiger partial charge in [0.1, 0.15) is 5.52 Å². The SMILES string of the molecule is O=C(O)c1cccc2oc(/C=C/c3ccnn3C3CCOCC3)nc12. The highest BCUT2D eigenvalue weighted by Gasteiger charge is 2.18. The van der Waals surface area contributed by atoms with Crippen molar-refractivity contribution >= 4 is 29.2 Å². The van der Waals surface area contributed by atoms with E-state index < -0.39 is 5.97 Å². The first-order valence-corrected chi connectivity index (χ1v) is 8.14. The van der Waals surface area contributed by atoms with Crippen LogP contribution < -0.4 is 0 Å². The highest BCUT2D eigenvalue weighted by Crippen LogP contribution is 2.24. The molecule has 0 aliphatic carbocycles. The Morgan fingerprint density at radius 1 is 1.24 bits per heavy atom. The van der Waals surface area contributed by atoms with E-state index >= 15 is 0 Å². The van der Waals surface area contributed by atoms with Crippen molar-refractivity contribution in [1.82, 2.24) is 14.8 Å². The van der Waals surface area contributed by atoms with Crippen molar-refractivity contribution < 1.29 is 19.1 Å². The summed E-state index contributed by atoms with van der Waals surface area (Å²) in [5, 5.41) is 13.6. The van der Waals surface area contributed by atoms with Crippen molar-refractivity contribution in [2.75, 3.05) is 13.2 Å². The number of carboxylic acid groups (broad SMARTS) is 1. The number of carboxylic acids is 1. The van der Waals surface area contributed by atoms with E-state index in [1.54, 1.807) is 24.4 Å². The van der Waals surface area contributed by atoms with E-state index in [2.05, 4.69) is 10.1 Å². The number of fused-ring (bicyclic) bond motifs is 1. The molecule has 0 amide bonds. The molecule has 0 atom stereocenters. The summed E-state index contributed by atoms with van der Waals surface area (Å²) in [7, 11) is 0. The maximum Gasteiger partial charge on any atom is 0.338 e. The van der Waals surface area contributed by atoms with Gasteiger partial charge in [0.25, 0.3) is 0 Å². The van der Waals surface area contributed by atoms with Gasteiger partial charge in [0.05, 0.1) is 17.3 Å². The average Bonchev–Trinajstić information content (AvgIpc) is 3.26. The molecule has 7 heteroatoms. The van der Waals surface area contributed by atoms with Crippen molar-refractivity contribution in [1.29, 1.82) is 0 Å². The Labute approximate surface area is 143 Å². The molecule has 0 saturated carbocycles. The minimum absolute atomic E-state index is 0.133. The van der Waals surface area contributed by atoms with Gasteiger partial charge in [-0.25, -0.2) is 9.78 Å². The molecule has 0 bridgehead atoms. The van der Waals surface area contributed by atoms with Gasteiger partial charge in [-0.2, -0.15) is 5.10 Å². The van der Waals surface area contributed by atoms with Crippen LogP contribution in [-0.4, -0.2) is 39.1 Å². The second-order valence-corrected chi connectivity index (χ2v) is 5.89. The maximum absolute atomic E-state index is 11.3. The molecule has 7 nitrogen and oxygen atoms in total. The van der Waals surface area contributed by atoms with E-state index in [1.807, 2.05) is 16.8 Å². The zero-order valence-corrected chi connectivity index (χ0v) is 13.5. The molecule has 0 unspecified atom stereocenters. The molecule has 25 heavy (non-hydrogen) atoms. The van der Waals surface area contributed by atoms with Crippen LogP contribution in [0, 0.1) is 0 Å². The van der Waals surface area contributed by atoms with E-state index in [0.29, 0.717) is 23.0 Å². The largest absolute Gasteiger partial charge is 0.478 e. The number of aromatic carboxylic acids is 1. The summed E-state index contributed by atoms with van der Waals surface area (Å²) in [5.74, 6) is -0.657. The second-order valence-electron chi connectivity index (χ2n) is 5.89. The number of aromatic nitrogens is 3. The predicted octanol–water partition coefficient (Wildman–Crippen LogP) is 3.24. The number of oxazole rings is 1. The van der Waals surface area contributed by atoms with Gasteiger partial charge < -0.3 is 14.3 Å². The minimum atomic E-state index is -1.02. The highest BCUT2D eigenvalue weighted by atomic mass is 16.5. The fourth-order valence-electron chi connectivity index (χ4n) is 3.06. The van der Waals surface area contributed by atoms with Crippen LogP contribution in [0.5, 0.6) is 0 Å². The third-order valence-corrected chi connectivity index (χ3v) is 4.30. The maximum atomic E-state index is 11.3. The molecular weight excluding hydrogens is 322 g/mol. The van der Waals surface area contributed by atoms with Crippen LogP contribution in [0.1, 0.15) is 40.8 Å². The molecule has 0 spiro atoms. The van der Waals surface area contributed by atoms with E-state index in [1.165, 1.54) is 6.07 Å². The van der Waals surface area contributed by atoms with Crippen LogP contribution >= 0.6 is 0 Å². The fraction of sp³-hybridized carbons (Fsp3) is 0.278. The minimum Gasteiger partial charge on any atom is -0.478 e. The molecule has 1 aromatic carbocycles. The summed E-state index contributed by atoms with van der Waals surface area (Å²) in [6, 6.07) is 7.12. The first kappa shape index (κ1) is 15.6. The summed E-state index contributed by atoms with van der Waals surface area (Å²) in [5.41, 5.74) is 1.89. The molecule has 0 radical (unpaired) electrons. The number of nitrogens with zero attached hydrogens (tertiary/aromatic N) is 3. The molecule has 3 heterocycles. The van der Waals surface area contributed by atoms with Crippen molar-refractivity contribution in [3.63, 3.8) is 0 Å². The quantitative estimate of drug-likeness (QED) is 0.785. The molecule has 2 aromatic heterocycles. The summed E-state index contributed by atoms with van der Waals surface area (Å²) in [6.07, 6.45) is 7.26.